The Balaban J connectivity index is 0.00000210. The van der Waals surface area contributed by atoms with Gasteiger partial charge in [-0.15, -0.1) is 0 Å². The Labute approximate surface area is 159 Å². The number of benzene rings is 1. The molecule has 1 N–H and O–H groups in total. The van der Waals surface area contributed by atoms with E-state index in [9.17, 15) is 4.79 Å². The van der Waals surface area contributed by atoms with Crippen molar-refractivity contribution in [2.45, 2.75) is 39.2 Å². The van der Waals surface area contributed by atoms with Gasteiger partial charge in [0, 0.05) is 49.2 Å². The minimum Gasteiger partial charge on any atom is -0.378 e. The molecular formula is C21H27N5O. The lowest BCUT2D eigenvalue weighted by molar-refractivity contribution is 0.516. The molecule has 0 bridgehead atoms. The predicted molar refractivity (Wildman–Crippen MR) is 112 cm³/mol. The molecule has 0 radical (unpaired) electrons. The van der Waals surface area contributed by atoms with Gasteiger partial charge < -0.3 is 10.2 Å². The summed E-state index contributed by atoms with van der Waals surface area (Å²) in [6, 6.07) is 11.7. The van der Waals surface area contributed by atoms with Crippen LogP contribution in [0.2, 0.25) is 0 Å². The summed E-state index contributed by atoms with van der Waals surface area (Å²) >= 11 is 0. The second-order valence-corrected chi connectivity index (χ2v) is 7.02. The average Bonchev–Trinajstić information content (AvgIpc) is 3.16. The number of anilines is 3. The minimum atomic E-state index is 0. The maximum Gasteiger partial charge on any atom is 0.252 e. The van der Waals surface area contributed by atoms with Gasteiger partial charge in [-0.1, -0.05) is 20.3 Å². The van der Waals surface area contributed by atoms with Crippen LogP contribution in [0.25, 0.3) is 11.0 Å². The Morgan fingerprint density at radius 3 is 2.44 bits per heavy atom. The molecule has 0 unspecified atom stereocenters. The highest BCUT2D eigenvalue weighted by Gasteiger charge is 2.20. The summed E-state index contributed by atoms with van der Waals surface area (Å²) in [5, 5.41) is 4.14. The van der Waals surface area contributed by atoms with Crippen LogP contribution in [-0.2, 0) is 0 Å². The van der Waals surface area contributed by atoms with Crippen molar-refractivity contribution in [3.05, 3.63) is 52.9 Å². The zero-order valence-corrected chi connectivity index (χ0v) is 15.1. The van der Waals surface area contributed by atoms with E-state index in [2.05, 4.69) is 20.2 Å². The van der Waals surface area contributed by atoms with Gasteiger partial charge in [0.15, 0.2) is 0 Å². The third-order valence-electron chi connectivity index (χ3n) is 5.00. The Hall–Kier alpha value is -2.89. The van der Waals surface area contributed by atoms with Gasteiger partial charge in [0.25, 0.3) is 5.56 Å². The van der Waals surface area contributed by atoms with Crippen LogP contribution in [0.1, 0.15) is 39.2 Å². The maximum atomic E-state index is 12.5. The van der Waals surface area contributed by atoms with E-state index in [1.54, 1.807) is 18.3 Å². The van der Waals surface area contributed by atoms with Crippen molar-refractivity contribution in [2.75, 3.05) is 24.3 Å². The van der Waals surface area contributed by atoms with Crippen molar-refractivity contribution < 1.29 is 0 Å². The molecule has 1 saturated carbocycles. The summed E-state index contributed by atoms with van der Waals surface area (Å²) < 4.78 is 1.85. The number of nitrogens with one attached hydrogen (secondary N) is 1. The molecule has 2 aromatic heterocycles. The number of fused-ring (bicyclic) bond motifs is 1. The lowest BCUT2D eigenvalue weighted by atomic mass is 10.2. The zero-order chi connectivity index (χ0) is 18.1. The fourth-order valence-corrected chi connectivity index (χ4v) is 3.59. The third-order valence-corrected chi connectivity index (χ3v) is 5.00. The van der Waals surface area contributed by atoms with Crippen LogP contribution in [0, 0.1) is 0 Å². The van der Waals surface area contributed by atoms with E-state index >= 15 is 0 Å². The molecule has 0 atom stereocenters. The number of pyridine rings is 1. The third kappa shape index (κ3) is 3.79. The minimum absolute atomic E-state index is 0. The molecule has 1 aromatic carbocycles. The van der Waals surface area contributed by atoms with Gasteiger partial charge in [-0.05, 0) is 43.2 Å². The molecule has 0 spiro atoms. The smallest absolute Gasteiger partial charge is 0.252 e. The first-order valence-electron chi connectivity index (χ1n) is 9.04. The van der Waals surface area contributed by atoms with Crippen molar-refractivity contribution in [3.8, 4) is 0 Å². The molecule has 27 heavy (non-hydrogen) atoms. The number of aromatic nitrogens is 3. The number of rotatable bonds is 4. The Kier molecular flexibility index (Phi) is 5.44. The number of hydrogen-bond donors (Lipinski definition) is 1. The SMILES string of the molecule is C.CN(C)c1ccc(Nc2ncc3ccc(=O)n(C4CCCC4)c3n2)cc1. The van der Waals surface area contributed by atoms with Gasteiger partial charge in [-0.3, -0.25) is 9.36 Å². The first-order chi connectivity index (χ1) is 12.6. The van der Waals surface area contributed by atoms with Crippen LogP contribution in [0.5, 0.6) is 0 Å². The molecule has 6 heteroatoms. The Morgan fingerprint density at radius 2 is 1.78 bits per heavy atom. The topological polar surface area (TPSA) is 63.1 Å². The highest BCUT2D eigenvalue weighted by molar-refractivity contribution is 5.76. The molecule has 3 aromatic rings. The van der Waals surface area contributed by atoms with Gasteiger partial charge >= 0.3 is 0 Å². The highest BCUT2D eigenvalue weighted by Crippen LogP contribution is 2.30. The molecule has 4 rings (SSSR count). The van der Waals surface area contributed by atoms with Crippen molar-refractivity contribution in [3.63, 3.8) is 0 Å². The van der Waals surface area contributed by atoms with E-state index in [1.807, 2.05) is 42.9 Å². The van der Waals surface area contributed by atoms with Crippen LogP contribution in [0.15, 0.2) is 47.4 Å². The van der Waals surface area contributed by atoms with Crippen LogP contribution in [0.4, 0.5) is 17.3 Å². The lowest BCUT2D eigenvalue weighted by Gasteiger charge is -2.16. The molecule has 0 amide bonds. The van der Waals surface area contributed by atoms with E-state index < -0.39 is 0 Å². The van der Waals surface area contributed by atoms with Crippen LogP contribution in [-0.4, -0.2) is 28.6 Å². The predicted octanol–water partition coefficient (Wildman–Crippen LogP) is 4.35. The summed E-state index contributed by atoms with van der Waals surface area (Å²) in [4.78, 5) is 23.6. The molecule has 1 fully saturated rings. The Bertz CT molecular complexity index is 972. The molecule has 6 nitrogen and oxygen atoms in total. The molecule has 0 aliphatic heterocycles. The summed E-state index contributed by atoms with van der Waals surface area (Å²) in [6.07, 6.45) is 6.20. The van der Waals surface area contributed by atoms with Crippen molar-refractivity contribution in [1.82, 2.24) is 14.5 Å². The maximum absolute atomic E-state index is 12.5. The highest BCUT2D eigenvalue weighted by atomic mass is 16.1. The number of hydrogen-bond acceptors (Lipinski definition) is 5. The first kappa shape index (κ1) is 18.9. The fraction of sp³-hybridized carbons (Fsp3) is 0.381. The van der Waals surface area contributed by atoms with E-state index in [4.69, 9.17) is 0 Å². The molecule has 1 aliphatic carbocycles. The van der Waals surface area contributed by atoms with Gasteiger partial charge in [0.05, 0.1) is 0 Å². The molecular weight excluding hydrogens is 338 g/mol. The molecule has 2 heterocycles. The Morgan fingerprint density at radius 1 is 1.07 bits per heavy atom. The summed E-state index contributed by atoms with van der Waals surface area (Å²) in [7, 11) is 4.02. The van der Waals surface area contributed by atoms with Gasteiger partial charge in [0.2, 0.25) is 5.95 Å². The molecule has 142 valence electrons. The number of nitrogens with zero attached hydrogens (tertiary/aromatic N) is 4. The second kappa shape index (κ2) is 7.78. The molecule has 0 saturated heterocycles. The second-order valence-electron chi connectivity index (χ2n) is 7.02. The quantitative estimate of drug-likeness (QED) is 0.744. The van der Waals surface area contributed by atoms with E-state index in [-0.39, 0.29) is 19.0 Å². The van der Waals surface area contributed by atoms with Crippen LogP contribution in [0.3, 0.4) is 0 Å². The first-order valence-corrected chi connectivity index (χ1v) is 9.04. The standard InChI is InChI=1S/C20H23N5O.CH4/c1-24(2)16-10-8-15(9-11-16)22-20-21-13-14-7-12-18(26)25(19(14)23-20)17-5-3-4-6-17;/h7-13,17H,3-6H2,1-2H3,(H,21,22,23);1H4. The van der Waals surface area contributed by atoms with Crippen LogP contribution < -0.4 is 15.8 Å². The van der Waals surface area contributed by atoms with Gasteiger partial charge in [0.1, 0.15) is 5.65 Å². The molecule has 1 aliphatic rings. The summed E-state index contributed by atoms with van der Waals surface area (Å²) in [5.41, 5.74) is 2.78. The largest absolute Gasteiger partial charge is 0.378 e. The van der Waals surface area contributed by atoms with E-state index in [1.165, 1.54) is 12.8 Å². The normalized spacial score (nSPS) is 14.1. The lowest BCUT2D eigenvalue weighted by Crippen LogP contribution is -2.23. The van der Waals surface area contributed by atoms with Gasteiger partial charge in [-0.25, -0.2) is 4.98 Å². The van der Waals surface area contributed by atoms with Crippen molar-refractivity contribution in [2.24, 2.45) is 0 Å². The average molecular weight is 365 g/mol. The van der Waals surface area contributed by atoms with Crippen molar-refractivity contribution >= 4 is 28.4 Å². The zero-order valence-electron chi connectivity index (χ0n) is 15.1. The summed E-state index contributed by atoms with van der Waals surface area (Å²) in [5.74, 6) is 0.507. The van der Waals surface area contributed by atoms with Crippen molar-refractivity contribution in [1.29, 1.82) is 0 Å². The fourth-order valence-electron chi connectivity index (χ4n) is 3.59. The van der Waals surface area contributed by atoms with E-state index in [0.717, 1.165) is 29.6 Å². The summed E-state index contributed by atoms with van der Waals surface area (Å²) in [6.45, 7) is 0. The van der Waals surface area contributed by atoms with E-state index in [0.29, 0.717) is 11.6 Å². The van der Waals surface area contributed by atoms with Crippen LogP contribution >= 0.6 is 0 Å². The van der Waals surface area contributed by atoms with Gasteiger partial charge in [-0.2, -0.15) is 4.98 Å². The monoisotopic (exact) mass is 365 g/mol.